The highest BCUT2D eigenvalue weighted by atomic mass is 31.2. The van der Waals surface area contributed by atoms with E-state index < -0.39 is 32.0 Å². The molecule has 0 heterocycles. The van der Waals surface area contributed by atoms with Crippen molar-refractivity contribution in [3.63, 3.8) is 0 Å². The summed E-state index contributed by atoms with van der Waals surface area (Å²) in [4.78, 5) is 22.9. The lowest BCUT2D eigenvalue weighted by Gasteiger charge is -2.25. The molecule has 0 saturated carbocycles. The number of carbonyl (C=O) groups excluding carboxylic acids is 1. The lowest BCUT2D eigenvalue weighted by Crippen LogP contribution is -2.47. The standard InChI is InChI=1S/C53H105N2O7P/c1-3-5-7-9-11-13-15-17-19-21-23-25-26-28-30-32-34-36-38-40-42-44-50(56)48-53(58)55-51(49-62-63(59,60)61-47-46-54)52(57)45-43-41-39-37-35-33-31-29-27-24-22-20-18-16-14-12-10-8-6-4-2/h23,25,28,30,50-52,56-57H,3-22,24,26-27,29,31-49,54H2,1-2H3,(H,55,58)(H,59,60)/b25-23-,30-28-. The van der Waals surface area contributed by atoms with Crippen LogP contribution in [-0.2, 0) is 18.4 Å². The van der Waals surface area contributed by atoms with Crippen LogP contribution in [0, 0.1) is 0 Å². The number of nitrogens with one attached hydrogen (secondary N) is 1. The van der Waals surface area contributed by atoms with E-state index in [9.17, 15) is 24.5 Å². The van der Waals surface area contributed by atoms with Crippen LogP contribution >= 0.6 is 7.82 Å². The zero-order valence-electron chi connectivity index (χ0n) is 41.4. The molecule has 0 aliphatic rings. The smallest absolute Gasteiger partial charge is 0.393 e. The number of hydrogen-bond acceptors (Lipinski definition) is 7. The van der Waals surface area contributed by atoms with Gasteiger partial charge >= 0.3 is 7.82 Å². The Kier molecular flexibility index (Phi) is 48.0. The van der Waals surface area contributed by atoms with Crippen molar-refractivity contribution in [1.29, 1.82) is 0 Å². The van der Waals surface area contributed by atoms with Gasteiger partial charge < -0.3 is 26.2 Å². The van der Waals surface area contributed by atoms with Gasteiger partial charge in [0.15, 0.2) is 0 Å². The third kappa shape index (κ3) is 47.2. The van der Waals surface area contributed by atoms with Crippen LogP contribution in [0.15, 0.2) is 24.3 Å². The molecule has 0 bridgehead atoms. The van der Waals surface area contributed by atoms with Gasteiger partial charge in [-0.05, 0) is 44.9 Å². The molecule has 9 nitrogen and oxygen atoms in total. The molecule has 0 rings (SSSR count). The van der Waals surface area contributed by atoms with Crippen molar-refractivity contribution in [2.24, 2.45) is 5.73 Å². The van der Waals surface area contributed by atoms with Gasteiger partial charge in [0.2, 0.25) is 5.91 Å². The molecule has 0 saturated heterocycles. The van der Waals surface area contributed by atoms with Crippen molar-refractivity contribution < 1.29 is 33.5 Å². The number of rotatable bonds is 51. The van der Waals surface area contributed by atoms with E-state index in [-0.39, 0.29) is 26.2 Å². The number of phosphoric acid groups is 1. The summed E-state index contributed by atoms with van der Waals surface area (Å²) in [6.45, 7) is 4.08. The van der Waals surface area contributed by atoms with E-state index in [2.05, 4.69) is 43.5 Å². The summed E-state index contributed by atoms with van der Waals surface area (Å²) >= 11 is 0. The fourth-order valence-electron chi connectivity index (χ4n) is 8.27. The van der Waals surface area contributed by atoms with Crippen molar-refractivity contribution >= 4 is 13.7 Å². The summed E-state index contributed by atoms with van der Waals surface area (Å²) in [6, 6.07) is -0.901. The van der Waals surface area contributed by atoms with E-state index in [0.717, 1.165) is 64.2 Å². The molecule has 0 aromatic rings. The monoisotopic (exact) mass is 913 g/mol. The highest BCUT2D eigenvalue weighted by Crippen LogP contribution is 2.43. The lowest BCUT2D eigenvalue weighted by atomic mass is 10.0. The molecule has 374 valence electrons. The highest BCUT2D eigenvalue weighted by molar-refractivity contribution is 7.47. The number of hydrogen-bond donors (Lipinski definition) is 5. The maximum absolute atomic E-state index is 12.9. The minimum absolute atomic E-state index is 0.0585. The van der Waals surface area contributed by atoms with E-state index in [4.69, 9.17) is 14.8 Å². The van der Waals surface area contributed by atoms with E-state index in [0.29, 0.717) is 12.8 Å². The summed E-state index contributed by atoms with van der Waals surface area (Å²) in [5.41, 5.74) is 5.39. The third-order valence-corrected chi connectivity index (χ3v) is 13.3. The Bertz CT molecular complexity index is 1060. The SMILES string of the molecule is CCCCCCCCCCC/C=C\C/C=C\CCCCCCCC(O)CC(=O)NC(COP(=O)(O)OCCN)C(O)CCCCCCCCCCCCCCCCCCCCCC. The number of aliphatic hydroxyl groups excluding tert-OH is 2. The first-order valence-corrected chi connectivity index (χ1v) is 28.5. The zero-order chi connectivity index (χ0) is 46.2. The average molecular weight is 913 g/mol. The predicted molar refractivity (Wildman–Crippen MR) is 269 cm³/mol. The van der Waals surface area contributed by atoms with E-state index in [1.54, 1.807) is 0 Å². The van der Waals surface area contributed by atoms with Gasteiger partial charge in [0.1, 0.15) is 0 Å². The van der Waals surface area contributed by atoms with Crippen molar-refractivity contribution in [2.75, 3.05) is 19.8 Å². The first-order chi connectivity index (χ1) is 30.8. The molecule has 0 fully saturated rings. The zero-order valence-corrected chi connectivity index (χ0v) is 42.3. The molecule has 0 radical (unpaired) electrons. The summed E-state index contributed by atoms with van der Waals surface area (Å²) in [7, 11) is -4.39. The number of unbranched alkanes of at least 4 members (excludes halogenated alkanes) is 33. The van der Waals surface area contributed by atoms with Crippen LogP contribution in [0.3, 0.4) is 0 Å². The number of nitrogens with two attached hydrogens (primary N) is 1. The normalized spacial score (nSPS) is 14.4. The number of amides is 1. The molecular formula is C53H105N2O7P. The molecule has 6 N–H and O–H groups in total. The topological polar surface area (TPSA) is 151 Å². The predicted octanol–water partition coefficient (Wildman–Crippen LogP) is 15.0. The Morgan fingerprint density at radius 2 is 0.905 bits per heavy atom. The Balaban J connectivity index is 4.14. The molecule has 10 heteroatoms. The third-order valence-electron chi connectivity index (χ3n) is 12.4. The quantitative estimate of drug-likeness (QED) is 0.0230. The Morgan fingerprint density at radius 3 is 1.30 bits per heavy atom. The molecule has 4 atom stereocenters. The van der Waals surface area contributed by atoms with Crippen LogP contribution in [0.2, 0.25) is 0 Å². The Morgan fingerprint density at radius 1 is 0.540 bits per heavy atom. The van der Waals surface area contributed by atoms with Gasteiger partial charge in [0.25, 0.3) is 0 Å². The molecule has 4 unspecified atom stereocenters. The summed E-state index contributed by atoms with van der Waals surface area (Å²) in [6.07, 6.45) is 55.2. The van der Waals surface area contributed by atoms with Gasteiger partial charge in [-0.25, -0.2) is 4.57 Å². The summed E-state index contributed by atoms with van der Waals surface area (Å²) in [5.74, 6) is -0.417. The lowest BCUT2D eigenvalue weighted by molar-refractivity contribution is -0.125. The summed E-state index contributed by atoms with van der Waals surface area (Å²) in [5, 5.41) is 24.3. The van der Waals surface area contributed by atoms with Crippen LogP contribution in [0.5, 0.6) is 0 Å². The minimum atomic E-state index is -4.39. The van der Waals surface area contributed by atoms with Crippen molar-refractivity contribution in [3.8, 4) is 0 Å². The maximum Gasteiger partial charge on any atom is 0.472 e. The largest absolute Gasteiger partial charge is 0.472 e. The first-order valence-electron chi connectivity index (χ1n) is 27.0. The van der Waals surface area contributed by atoms with Gasteiger partial charge in [-0.2, -0.15) is 0 Å². The van der Waals surface area contributed by atoms with Gasteiger partial charge in [-0.1, -0.05) is 244 Å². The van der Waals surface area contributed by atoms with E-state index in [1.165, 1.54) is 173 Å². The van der Waals surface area contributed by atoms with Crippen molar-refractivity contribution in [2.45, 2.75) is 289 Å². The Labute approximate surface area is 390 Å². The average Bonchev–Trinajstić information content (AvgIpc) is 3.26. The summed E-state index contributed by atoms with van der Waals surface area (Å²) < 4.78 is 22.3. The number of carbonyl (C=O) groups is 1. The van der Waals surface area contributed by atoms with Crippen LogP contribution < -0.4 is 11.1 Å². The van der Waals surface area contributed by atoms with E-state index >= 15 is 0 Å². The maximum atomic E-state index is 12.9. The molecule has 0 aromatic heterocycles. The molecule has 0 aliphatic heterocycles. The molecule has 0 aromatic carbocycles. The van der Waals surface area contributed by atoms with Gasteiger partial charge in [0, 0.05) is 6.54 Å². The fourth-order valence-corrected chi connectivity index (χ4v) is 9.03. The Hall–Kier alpha value is -1.06. The molecule has 63 heavy (non-hydrogen) atoms. The molecular weight excluding hydrogens is 808 g/mol. The second-order valence-electron chi connectivity index (χ2n) is 18.6. The van der Waals surface area contributed by atoms with Crippen LogP contribution in [-0.4, -0.2) is 59.0 Å². The van der Waals surface area contributed by atoms with Gasteiger partial charge in [0.05, 0.1) is 37.9 Å². The van der Waals surface area contributed by atoms with Gasteiger partial charge in [-0.3, -0.25) is 13.8 Å². The van der Waals surface area contributed by atoms with E-state index in [1.807, 2.05) is 0 Å². The minimum Gasteiger partial charge on any atom is -0.393 e. The van der Waals surface area contributed by atoms with Crippen LogP contribution in [0.25, 0.3) is 0 Å². The second kappa shape index (κ2) is 48.9. The number of aliphatic hydroxyl groups is 2. The van der Waals surface area contributed by atoms with Crippen LogP contribution in [0.4, 0.5) is 0 Å². The fraction of sp³-hybridized carbons (Fsp3) is 0.906. The number of phosphoric ester groups is 1. The molecule has 0 spiro atoms. The van der Waals surface area contributed by atoms with Crippen molar-refractivity contribution in [1.82, 2.24) is 5.32 Å². The highest BCUT2D eigenvalue weighted by Gasteiger charge is 2.28. The second-order valence-corrected chi connectivity index (χ2v) is 20.1. The van der Waals surface area contributed by atoms with Crippen molar-refractivity contribution in [3.05, 3.63) is 24.3 Å². The molecule has 0 aliphatic carbocycles. The number of allylic oxidation sites excluding steroid dienone is 4. The van der Waals surface area contributed by atoms with Gasteiger partial charge in [-0.15, -0.1) is 0 Å². The first kappa shape index (κ1) is 61.9. The van der Waals surface area contributed by atoms with Crippen LogP contribution in [0.1, 0.15) is 271 Å². The molecule has 1 amide bonds.